The van der Waals surface area contributed by atoms with Crippen LogP contribution in [0.5, 0.6) is 0 Å². The number of nitrogens with one attached hydrogen (secondary N) is 2. The molecule has 0 aromatic rings. The second kappa shape index (κ2) is 22.0. The molecule has 0 radical (unpaired) electrons. The van der Waals surface area contributed by atoms with E-state index in [1.165, 1.54) is 33.7 Å². The lowest BCUT2D eigenvalue weighted by atomic mass is 9.94. The summed E-state index contributed by atoms with van der Waals surface area (Å²) >= 11 is 0. The minimum absolute atomic E-state index is 0.0000466. The van der Waals surface area contributed by atoms with Gasteiger partial charge in [-0.1, -0.05) is 69.2 Å². The van der Waals surface area contributed by atoms with Gasteiger partial charge in [0.15, 0.2) is 0 Å². The van der Waals surface area contributed by atoms with Crippen LogP contribution in [0.25, 0.3) is 0 Å². The Hall–Kier alpha value is -3.26. The number of likely N-dealkylation sites (N-methyl/N-ethyl adjacent to an activating group) is 3. The van der Waals surface area contributed by atoms with Crippen LogP contribution < -0.4 is 10.6 Å². The Labute approximate surface area is 336 Å². The van der Waals surface area contributed by atoms with E-state index in [1.807, 2.05) is 69.2 Å². The van der Waals surface area contributed by atoms with Gasteiger partial charge in [0.1, 0.15) is 24.2 Å². The average molecular weight is 793 g/mol. The molecule has 2 aliphatic rings. The van der Waals surface area contributed by atoms with Crippen molar-refractivity contribution >= 4 is 35.4 Å². The van der Waals surface area contributed by atoms with Gasteiger partial charge in [0.2, 0.25) is 35.4 Å². The zero-order valence-corrected chi connectivity index (χ0v) is 36.7. The Bertz CT molecular complexity index is 1340. The molecule has 0 saturated carbocycles. The lowest BCUT2D eigenvalue weighted by molar-refractivity contribution is -0.150. The fourth-order valence-corrected chi connectivity index (χ4v) is 7.99. The van der Waals surface area contributed by atoms with E-state index in [1.54, 1.807) is 7.05 Å². The normalized spacial score (nSPS) is 29.1. The summed E-state index contributed by atoms with van der Waals surface area (Å²) in [5.41, 5.74) is 0. The number of amides is 6. The van der Waals surface area contributed by atoms with Crippen LogP contribution in [-0.2, 0) is 28.8 Å². The third kappa shape index (κ3) is 14.0. The van der Waals surface area contributed by atoms with Gasteiger partial charge < -0.3 is 40.4 Å². The minimum Gasteiger partial charge on any atom is -0.390 e. The molecule has 4 N–H and O–H groups in total. The van der Waals surface area contributed by atoms with Crippen molar-refractivity contribution in [3.05, 3.63) is 0 Å². The van der Waals surface area contributed by atoms with Crippen LogP contribution in [0.15, 0.2) is 0 Å². The number of aliphatic hydroxyl groups is 2. The van der Waals surface area contributed by atoms with Gasteiger partial charge in [-0.05, 0) is 74.5 Å². The minimum atomic E-state index is -1.29. The Balaban J connectivity index is 2.73. The van der Waals surface area contributed by atoms with Crippen molar-refractivity contribution in [2.24, 2.45) is 29.6 Å². The first-order chi connectivity index (χ1) is 26.0. The van der Waals surface area contributed by atoms with E-state index in [4.69, 9.17) is 0 Å². The van der Waals surface area contributed by atoms with Crippen LogP contribution >= 0.6 is 0 Å². The summed E-state index contributed by atoms with van der Waals surface area (Å²) in [7, 11) is 4.61. The monoisotopic (exact) mass is 793 g/mol. The van der Waals surface area contributed by atoms with E-state index in [-0.39, 0.29) is 48.3 Å². The number of hydrogen-bond donors (Lipinski definition) is 4. The Kier molecular flexibility index (Phi) is 19.2. The SMILES string of the molecule is CC(C)C[C@@H]1NC(=O)[C@H]2CCCN2C(=O)[C@H](CC(C)C)N(C)C(=O)C[C@@H](O)[C@@H](CC(C)C)NC(=O)[C@H](CC(C)C)N(C)C(=O)[C@H](CC(C)C)N(C)C(=O)C[C@@H]1O. The zero-order chi connectivity index (χ0) is 42.8. The van der Waals surface area contributed by atoms with E-state index < -0.39 is 78.0 Å². The Morgan fingerprint density at radius 3 is 1.32 bits per heavy atom. The first kappa shape index (κ1) is 48.9. The average Bonchev–Trinajstić information content (AvgIpc) is 3.59. The smallest absolute Gasteiger partial charge is 0.246 e. The highest BCUT2D eigenvalue weighted by atomic mass is 16.3. The molecule has 14 heteroatoms. The highest BCUT2D eigenvalue weighted by molar-refractivity contribution is 5.94. The topological polar surface area (TPSA) is 180 Å². The van der Waals surface area contributed by atoms with E-state index in [0.717, 1.165) is 0 Å². The second-order valence-corrected chi connectivity index (χ2v) is 18.6. The Morgan fingerprint density at radius 1 is 0.536 bits per heavy atom. The number of carbonyl (C=O) groups excluding carboxylic acids is 6. The molecule has 2 heterocycles. The third-order valence-corrected chi connectivity index (χ3v) is 11.1. The summed E-state index contributed by atoms with van der Waals surface area (Å²) in [5.74, 6) is -2.58. The number of fused-ring (bicyclic) bond motifs is 1. The van der Waals surface area contributed by atoms with E-state index in [9.17, 15) is 39.0 Å². The van der Waals surface area contributed by atoms with Crippen molar-refractivity contribution in [3.8, 4) is 0 Å². The fourth-order valence-electron chi connectivity index (χ4n) is 7.99. The van der Waals surface area contributed by atoms with Crippen molar-refractivity contribution in [2.75, 3.05) is 27.7 Å². The maximum Gasteiger partial charge on any atom is 0.246 e. The van der Waals surface area contributed by atoms with Crippen LogP contribution in [0.1, 0.15) is 127 Å². The van der Waals surface area contributed by atoms with Crippen molar-refractivity contribution in [2.45, 2.75) is 175 Å². The van der Waals surface area contributed by atoms with Gasteiger partial charge in [0.05, 0.1) is 37.1 Å². The molecule has 56 heavy (non-hydrogen) atoms. The fraction of sp³-hybridized carbons (Fsp3) is 0.857. The molecule has 2 rings (SSSR count). The molecule has 0 aliphatic carbocycles. The molecule has 0 unspecified atom stereocenters. The molecule has 14 nitrogen and oxygen atoms in total. The van der Waals surface area contributed by atoms with Crippen LogP contribution in [-0.4, -0.2) is 141 Å². The number of carbonyl (C=O) groups is 6. The van der Waals surface area contributed by atoms with Crippen molar-refractivity contribution in [1.29, 1.82) is 0 Å². The molecule has 0 aromatic carbocycles. The third-order valence-electron chi connectivity index (χ3n) is 11.1. The van der Waals surface area contributed by atoms with E-state index in [2.05, 4.69) is 10.6 Å². The molecule has 322 valence electrons. The van der Waals surface area contributed by atoms with Gasteiger partial charge in [-0.2, -0.15) is 0 Å². The summed E-state index contributed by atoms with van der Waals surface area (Å²) < 4.78 is 0. The predicted molar refractivity (Wildman–Crippen MR) is 217 cm³/mol. The van der Waals surface area contributed by atoms with Crippen LogP contribution in [0.4, 0.5) is 0 Å². The molecule has 6 amide bonds. The lowest BCUT2D eigenvalue weighted by Gasteiger charge is -2.38. The summed E-state index contributed by atoms with van der Waals surface area (Å²) in [4.78, 5) is 90.4. The van der Waals surface area contributed by atoms with Gasteiger partial charge in [-0.3, -0.25) is 28.8 Å². The number of rotatable bonds is 10. The molecule has 2 aliphatic heterocycles. The van der Waals surface area contributed by atoms with Crippen molar-refractivity contribution < 1.29 is 39.0 Å². The van der Waals surface area contributed by atoms with Gasteiger partial charge in [0.25, 0.3) is 0 Å². The van der Waals surface area contributed by atoms with Gasteiger partial charge in [0, 0.05) is 27.7 Å². The maximum atomic E-state index is 14.4. The zero-order valence-electron chi connectivity index (χ0n) is 36.7. The molecule has 2 fully saturated rings. The highest BCUT2D eigenvalue weighted by Gasteiger charge is 2.42. The number of hydrogen-bond acceptors (Lipinski definition) is 8. The lowest BCUT2D eigenvalue weighted by Crippen LogP contribution is -2.59. The van der Waals surface area contributed by atoms with Crippen LogP contribution in [0.2, 0.25) is 0 Å². The van der Waals surface area contributed by atoms with Crippen molar-refractivity contribution in [1.82, 2.24) is 30.2 Å². The van der Waals surface area contributed by atoms with Gasteiger partial charge in [-0.25, -0.2) is 0 Å². The highest BCUT2D eigenvalue weighted by Crippen LogP contribution is 2.26. The number of nitrogens with zero attached hydrogens (tertiary/aromatic N) is 4. The Morgan fingerprint density at radius 2 is 0.911 bits per heavy atom. The molecule has 2 saturated heterocycles. The molecule has 8 atom stereocenters. The first-order valence-electron chi connectivity index (χ1n) is 21.0. The number of aliphatic hydroxyl groups excluding tert-OH is 2. The summed E-state index contributed by atoms with van der Waals surface area (Å²) in [6.07, 6.45) is -0.682. The van der Waals surface area contributed by atoms with Gasteiger partial charge in [-0.15, -0.1) is 0 Å². The van der Waals surface area contributed by atoms with Crippen molar-refractivity contribution in [3.63, 3.8) is 0 Å². The molecular formula is C42H76N6O8. The maximum absolute atomic E-state index is 14.4. The predicted octanol–water partition coefficient (Wildman–Crippen LogP) is 3.17. The molecule has 0 spiro atoms. The van der Waals surface area contributed by atoms with E-state index in [0.29, 0.717) is 51.5 Å². The van der Waals surface area contributed by atoms with Crippen LogP contribution in [0, 0.1) is 29.6 Å². The largest absolute Gasteiger partial charge is 0.390 e. The summed E-state index contributed by atoms with van der Waals surface area (Å²) in [6, 6.07) is -5.28. The second-order valence-electron chi connectivity index (χ2n) is 18.6. The van der Waals surface area contributed by atoms with Gasteiger partial charge >= 0.3 is 0 Å². The quantitative estimate of drug-likeness (QED) is 0.261. The molecular weight excluding hydrogens is 716 g/mol. The molecule has 0 aromatic heterocycles. The summed E-state index contributed by atoms with van der Waals surface area (Å²) in [5, 5.41) is 29.1. The van der Waals surface area contributed by atoms with E-state index >= 15 is 0 Å². The first-order valence-corrected chi connectivity index (χ1v) is 21.0. The standard InChI is InChI=1S/C42H76N6O8/c1-24(2)17-29-35(49)22-37(51)45(11)33(20-27(7)8)41(55)47(13)32(19-26(5)6)40(54)44-30(18-25(3)4)36(50)23-38(52)46(12)34(21-28(9)10)42(56)48-16-14-15-31(48)39(53)43-29/h24-36,49-50H,14-23H2,1-13H3,(H,43,53)(H,44,54)/t29-,30+,31+,32-,33-,34-,35-,36+/m0/s1. The van der Waals surface area contributed by atoms with Crippen LogP contribution in [0.3, 0.4) is 0 Å². The summed E-state index contributed by atoms with van der Waals surface area (Å²) in [6.45, 7) is 19.8. The molecule has 0 bridgehead atoms.